The van der Waals surface area contributed by atoms with E-state index < -0.39 is 16.8 Å². The van der Waals surface area contributed by atoms with Crippen molar-refractivity contribution in [3.8, 4) is 0 Å². The lowest BCUT2D eigenvalue weighted by molar-refractivity contribution is -0.385. The van der Waals surface area contributed by atoms with Gasteiger partial charge in [-0.25, -0.2) is 9.18 Å². The van der Waals surface area contributed by atoms with Gasteiger partial charge in [0.25, 0.3) is 5.69 Å². The molecule has 0 aliphatic carbocycles. The Morgan fingerprint density at radius 2 is 2.21 bits per heavy atom. The summed E-state index contributed by atoms with van der Waals surface area (Å²) in [6, 6.07) is 3.68. The van der Waals surface area contributed by atoms with Gasteiger partial charge in [0.2, 0.25) is 0 Å². The van der Waals surface area contributed by atoms with Gasteiger partial charge in [-0.2, -0.15) is 0 Å². The second-order valence-electron chi connectivity index (χ2n) is 4.10. The SMILES string of the molecule is O=C(O)N1CC=C(c2c(F)cccc2[N+](=O)[O-])CC1. The molecule has 100 valence electrons. The Labute approximate surface area is 107 Å². The van der Waals surface area contributed by atoms with Crippen LogP contribution < -0.4 is 0 Å². The van der Waals surface area contributed by atoms with Crippen LogP contribution >= 0.6 is 0 Å². The van der Waals surface area contributed by atoms with Gasteiger partial charge in [0.05, 0.1) is 10.5 Å². The minimum absolute atomic E-state index is 0.0439. The monoisotopic (exact) mass is 266 g/mol. The van der Waals surface area contributed by atoms with E-state index in [4.69, 9.17) is 5.11 Å². The smallest absolute Gasteiger partial charge is 0.407 e. The molecule has 0 atom stereocenters. The fourth-order valence-corrected chi connectivity index (χ4v) is 2.05. The average Bonchev–Trinajstić information content (AvgIpc) is 2.38. The van der Waals surface area contributed by atoms with E-state index in [1.54, 1.807) is 0 Å². The lowest BCUT2D eigenvalue weighted by Crippen LogP contribution is -2.33. The molecule has 1 aromatic rings. The van der Waals surface area contributed by atoms with E-state index in [1.165, 1.54) is 18.2 Å². The number of nitro groups is 1. The van der Waals surface area contributed by atoms with E-state index in [-0.39, 0.29) is 30.8 Å². The fourth-order valence-electron chi connectivity index (χ4n) is 2.05. The summed E-state index contributed by atoms with van der Waals surface area (Å²) in [7, 11) is 0. The zero-order valence-corrected chi connectivity index (χ0v) is 9.88. The van der Waals surface area contributed by atoms with E-state index in [1.807, 2.05) is 0 Å². The van der Waals surface area contributed by atoms with Gasteiger partial charge in [0.15, 0.2) is 0 Å². The van der Waals surface area contributed by atoms with Crippen LogP contribution in [0.4, 0.5) is 14.9 Å². The highest BCUT2D eigenvalue weighted by molar-refractivity contribution is 5.76. The summed E-state index contributed by atoms with van der Waals surface area (Å²) in [4.78, 5) is 22.2. The number of hydrogen-bond acceptors (Lipinski definition) is 3. The molecule has 0 fully saturated rings. The number of halogens is 1. The maximum atomic E-state index is 13.8. The van der Waals surface area contributed by atoms with E-state index in [9.17, 15) is 19.3 Å². The van der Waals surface area contributed by atoms with E-state index in [0.717, 1.165) is 11.0 Å². The van der Waals surface area contributed by atoms with Crippen molar-refractivity contribution < 1.29 is 19.2 Å². The third-order valence-electron chi connectivity index (χ3n) is 2.99. The summed E-state index contributed by atoms with van der Waals surface area (Å²) < 4.78 is 13.8. The van der Waals surface area contributed by atoms with Gasteiger partial charge in [-0.1, -0.05) is 12.1 Å². The van der Waals surface area contributed by atoms with Gasteiger partial charge in [-0.05, 0) is 18.1 Å². The number of nitro benzene ring substituents is 1. The summed E-state index contributed by atoms with van der Waals surface area (Å²) in [5.74, 6) is -0.663. The van der Waals surface area contributed by atoms with Crippen LogP contribution in [0.5, 0.6) is 0 Å². The molecule has 1 aromatic carbocycles. The van der Waals surface area contributed by atoms with E-state index in [0.29, 0.717) is 5.57 Å². The Kier molecular flexibility index (Phi) is 3.46. The lowest BCUT2D eigenvalue weighted by Gasteiger charge is -2.23. The first-order valence-electron chi connectivity index (χ1n) is 5.61. The average molecular weight is 266 g/mol. The normalized spacial score (nSPS) is 15.0. The molecule has 7 heteroatoms. The van der Waals surface area contributed by atoms with E-state index >= 15 is 0 Å². The van der Waals surface area contributed by atoms with Crippen LogP contribution in [-0.2, 0) is 0 Å². The molecule has 0 saturated heterocycles. The molecule has 0 aromatic heterocycles. The Morgan fingerprint density at radius 3 is 2.74 bits per heavy atom. The molecule has 2 rings (SSSR count). The van der Waals surface area contributed by atoms with Crippen molar-refractivity contribution in [1.82, 2.24) is 4.90 Å². The quantitative estimate of drug-likeness (QED) is 0.658. The first kappa shape index (κ1) is 13.0. The molecular formula is C12H11FN2O4. The van der Waals surface area contributed by atoms with Crippen LogP contribution in [0.3, 0.4) is 0 Å². The third-order valence-corrected chi connectivity index (χ3v) is 2.99. The third kappa shape index (κ3) is 2.54. The molecule has 0 bridgehead atoms. The van der Waals surface area contributed by atoms with Gasteiger partial charge in [-0.15, -0.1) is 0 Å². The minimum atomic E-state index is -1.06. The molecule has 1 amide bonds. The van der Waals surface area contributed by atoms with Crippen molar-refractivity contribution in [3.05, 3.63) is 45.8 Å². The van der Waals surface area contributed by atoms with Crippen molar-refractivity contribution in [2.24, 2.45) is 0 Å². The predicted molar refractivity (Wildman–Crippen MR) is 65.2 cm³/mol. The highest BCUT2D eigenvalue weighted by Gasteiger charge is 2.24. The molecule has 1 aliphatic rings. The number of hydrogen-bond donors (Lipinski definition) is 1. The summed E-state index contributed by atoms with van der Waals surface area (Å²) in [6.45, 7) is 0.308. The van der Waals surface area contributed by atoms with Gasteiger partial charge < -0.3 is 10.0 Å². The van der Waals surface area contributed by atoms with Crippen molar-refractivity contribution >= 4 is 17.4 Å². The number of carbonyl (C=O) groups is 1. The molecule has 6 nitrogen and oxygen atoms in total. The standard InChI is InChI=1S/C12H11FN2O4/c13-9-2-1-3-10(15(18)19)11(9)8-4-6-14(7-5-8)12(16)17/h1-4H,5-7H2,(H,16,17). The number of carboxylic acid groups (broad SMARTS) is 1. The first-order chi connectivity index (χ1) is 9.00. The molecule has 0 radical (unpaired) electrons. The minimum Gasteiger partial charge on any atom is -0.465 e. The molecule has 1 heterocycles. The summed E-state index contributed by atoms with van der Waals surface area (Å²) in [5, 5.41) is 19.7. The van der Waals surface area contributed by atoms with Crippen LogP contribution in [-0.4, -0.2) is 34.1 Å². The highest BCUT2D eigenvalue weighted by atomic mass is 19.1. The van der Waals surface area contributed by atoms with Crippen LogP contribution in [0.2, 0.25) is 0 Å². The van der Waals surface area contributed by atoms with Crippen molar-refractivity contribution in [1.29, 1.82) is 0 Å². The zero-order chi connectivity index (χ0) is 14.0. The van der Waals surface area contributed by atoms with Gasteiger partial charge >= 0.3 is 6.09 Å². The molecule has 19 heavy (non-hydrogen) atoms. The van der Waals surface area contributed by atoms with Crippen LogP contribution in [0.1, 0.15) is 12.0 Å². The predicted octanol–water partition coefficient (Wildman–Crippen LogP) is 2.50. The van der Waals surface area contributed by atoms with Crippen molar-refractivity contribution in [2.75, 3.05) is 13.1 Å². The number of amides is 1. The summed E-state index contributed by atoms with van der Waals surface area (Å²) >= 11 is 0. The summed E-state index contributed by atoms with van der Waals surface area (Å²) in [6.07, 6.45) is 0.718. The topological polar surface area (TPSA) is 83.7 Å². The maximum Gasteiger partial charge on any atom is 0.407 e. The van der Waals surface area contributed by atoms with Gasteiger partial charge in [0.1, 0.15) is 5.82 Å². The molecule has 0 spiro atoms. The highest BCUT2D eigenvalue weighted by Crippen LogP contribution is 2.32. The Bertz CT molecular complexity index is 571. The summed E-state index contributed by atoms with van der Waals surface area (Å²) in [5.41, 5.74) is 0.134. The number of benzene rings is 1. The Morgan fingerprint density at radius 1 is 1.47 bits per heavy atom. The zero-order valence-electron chi connectivity index (χ0n) is 9.88. The maximum absolute atomic E-state index is 13.8. The van der Waals surface area contributed by atoms with Gasteiger partial charge in [0, 0.05) is 19.2 Å². The molecule has 1 N–H and O–H groups in total. The Hall–Kier alpha value is -2.44. The van der Waals surface area contributed by atoms with E-state index in [2.05, 4.69) is 0 Å². The Balaban J connectivity index is 2.38. The number of nitrogens with zero attached hydrogens (tertiary/aromatic N) is 2. The van der Waals surface area contributed by atoms with Gasteiger partial charge in [-0.3, -0.25) is 10.1 Å². The second kappa shape index (κ2) is 5.05. The first-order valence-corrected chi connectivity index (χ1v) is 5.61. The van der Waals surface area contributed by atoms with Crippen molar-refractivity contribution in [3.63, 3.8) is 0 Å². The van der Waals surface area contributed by atoms with Crippen LogP contribution in [0, 0.1) is 15.9 Å². The van der Waals surface area contributed by atoms with Crippen LogP contribution in [0.25, 0.3) is 5.57 Å². The lowest BCUT2D eigenvalue weighted by atomic mass is 9.97. The van der Waals surface area contributed by atoms with Crippen LogP contribution in [0.15, 0.2) is 24.3 Å². The molecular weight excluding hydrogens is 255 g/mol. The largest absolute Gasteiger partial charge is 0.465 e. The molecule has 0 unspecified atom stereocenters. The second-order valence-corrected chi connectivity index (χ2v) is 4.10. The fraction of sp³-hybridized carbons (Fsp3) is 0.250. The van der Waals surface area contributed by atoms with Crippen molar-refractivity contribution in [2.45, 2.75) is 6.42 Å². The molecule has 0 saturated carbocycles. The number of rotatable bonds is 2. The molecule has 1 aliphatic heterocycles.